The SMILES string of the molecule is Cn1c(C(F)(F)F)nn(C2CCN(C(=O)c3nc4ccccc4s3)CC2)c1=O. The van der Waals surface area contributed by atoms with Crippen molar-refractivity contribution >= 4 is 27.5 Å². The summed E-state index contributed by atoms with van der Waals surface area (Å²) in [7, 11) is 1.06. The molecule has 1 aromatic carbocycles. The minimum Gasteiger partial charge on any atom is -0.336 e. The third-order valence-electron chi connectivity index (χ3n) is 4.83. The molecule has 28 heavy (non-hydrogen) atoms. The molecule has 4 rings (SSSR count). The molecule has 0 aliphatic carbocycles. The second kappa shape index (κ2) is 6.73. The highest BCUT2D eigenvalue weighted by atomic mass is 32.1. The lowest BCUT2D eigenvalue weighted by Crippen LogP contribution is -2.41. The number of aromatic nitrogens is 4. The van der Waals surface area contributed by atoms with Crippen LogP contribution in [0.5, 0.6) is 0 Å². The van der Waals surface area contributed by atoms with Gasteiger partial charge in [0.15, 0.2) is 5.01 Å². The van der Waals surface area contributed by atoms with E-state index in [1.165, 1.54) is 11.3 Å². The predicted octanol–water partition coefficient (Wildman–Crippen LogP) is 2.69. The number of para-hydroxylation sites is 1. The Bertz CT molecular complexity index is 1060. The predicted molar refractivity (Wildman–Crippen MR) is 96.3 cm³/mol. The summed E-state index contributed by atoms with van der Waals surface area (Å²) in [6.45, 7) is 0.646. The van der Waals surface area contributed by atoms with E-state index in [1.54, 1.807) is 4.90 Å². The summed E-state index contributed by atoms with van der Waals surface area (Å²) in [6.07, 6.45) is -3.99. The van der Waals surface area contributed by atoms with Gasteiger partial charge in [0.2, 0.25) is 5.82 Å². The largest absolute Gasteiger partial charge is 0.451 e. The highest BCUT2D eigenvalue weighted by Crippen LogP contribution is 2.29. The number of fused-ring (bicyclic) bond motifs is 1. The molecule has 0 radical (unpaired) electrons. The quantitative estimate of drug-likeness (QED) is 0.650. The van der Waals surface area contributed by atoms with Crippen molar-refractivity contribution in [3.05, 3.63) is 45.6 Å². The van der Waals surface area contributed by atoms with Gasteiger partial charge in [-0.1, -0.05) is 12.1 Å². The third kappa shape index (κ3) is 3.19. The van der Waals surface area contributed by atoms with Gasteiger partial charge in [-0.05, 0) is 25.0 Å². The average molecular weight is 411 g/mol. The molecule has 1 amide bonds. The zero-order valence-electron chi connectivity index (χ0n) is 14.8. The van der Waals surface area contributed by atoms with Crippen LogP contribution in [0.3, 0.4) is 0 Å². The summed E-state index contributed by atoms with van der Waals surface area (Å²) >= 11 is 1.31. The summed E-state index contributed by atoms with van der Waals surface area (Å²) < 4.78 is 41.2. The molecule has 1 saturated heterocycles. The van der Waals surface area contributed by atoms with Crippen LogP contribution >= 0.6 is 11.3 Å². The van der Waals surface area contributed by atoms with E-state index in [4.69, 9.17) is 0 Å². The van der Waals surface area contributed by atoms with Gasteiger partial charge in [0, 0.05) is 20.1 Å². The number of carbonyl (C=O) groups excluding carboxylic acids is 1. The molecule has 1 fully saturated rings. The normalized spacial score (nSPS) is 16.1. The van der Waals surface area contributed by atoms with Crippen molar-refractivity contribution in [2.45, 2.75) is 25.1 Å². The monoisotopic (exact) mass is 411 g/mol. The molecule has 0 spiro atoms. The van der Waals surface area contributed by atoms with Crippen molar-refractivity contribution in [2.24, 2.45) is 7.05 Å². The second-order valence-electron chi connectivity index (χ2n) is 6.62. The zero-order valence-corrected chi connectivity index (χ0v) is 15.6. The molecule has 0 bridgehead atoms. The highest BCUT2D eigenvalue weighted by Gasteiger charge is 2.39. The van der Waals surface area contributed by atoms with Gasteiger partial charge in [0.05, 0.1) is 16.3 Å². The molecule has 2 aromatic heterocycles. The second-order valence-corrected chi connectivity index (χ2v) is 7.65. The smallest absolute Gasteiger partial charge is 0.336 e. The summed E-state index contributed by atoms with van der Waals surface area (Å²) in [6, 6.07) is 6.97. The number of benzene rings is 1. The molecular weight excluding hydrogens is 395 g/mol. The van der Waals surface area contributed by atoms with Crippen LogP contribution in [0, 0.1) is 0 Å². The first-order chi connectivity index (χ1) is 13.3. The van der Waals surface area contributed by atoms with Crippen LogP contribution in [0.25, 0.3) is 10.2 Å². The Morgan fingerprint density at radius 2 is 1.89 bits per heavy atom. The zero-order chi connectivity index (χ0) is 20.1. The molecule has 11 heteroatoms. The Morgan fingerprint density at radius 3 is 2.50 bits per heavy atom. The van der Waals surface area contributed by atoms with E-state index >= 15 is 0 Å². The fraction of sp³-hybridized carbons (Fsp3) is 0.412. The molecule has 0 N–H and O–H groups in total. The number of carbonyl (C=O) groups is 1. The number of rotatable bonds is 2. The number of halogens is 3. The van der Waals surface area contributed by atoms with Crippen molar-refractivity contribution < 1.29 is 18.0 Å². The Labute approximate surface area is 161 Å². The van der Waals surface area contributed by atoms with Crippen LogP contribution in [0.2, 0.25) is 0 Å². The fourth-order valence-electron chi connectivity index (χ4n) is 3.35. The molecule has 0 unspecified atom stereocenters. The Kier molecular flexibility index (Phi) is 4.48. The van der Waals surface area contributed by atoms with Gasteiger partial charge in [-0.25, -0.2) is 14.5 Å². The molecule has 148 valence electrons. The molecule has 1 aliphatic heterocycles. The topological polar surface area (TPSA) is 73.0 Å². The van der Waals surface area contributed by atoms with Gasteiger partial charge in [-0.15, -0.1) is 16.4 Å². The summed E-state index contributed by atoms with van der Waals surface area (Å²) in [5.41, 5.74) is -0.0475. The number of likely N-dealkylation sites (tertiary alicyclic amines) is 1. The molecule has 7 nitrogen and oxygen atoms in total. The van der Waals surface area contributed by atoms with E-state index in [9.17, 15) is 22.8 Å². The van der Waals surface area contributed by atoms with E-state index in [-0.39, 0.29) is 5.91 Å². The molecular formula is C17H16F3N5O2S. The van der Waals surface area contributed by atoms with Gasteiger partial charge in [0.1, 0.15) is 0 Å². The first-order valence-electron chi connectivity index (χ1n) is 8.63. The van der Waals surface area contributed by atoms with Crippen molar-refractivity contribution in [3.8, 4) is 0 Å². The van der Waals surface area contributed by atoms with Gasteiger partial charge in [-0.2, -0.15) is 13.2 Å². The van der Waals surface area contributed by atoms with Crippen LogP contribution in [0.1, 0.15) is 34.5 Å². The van der Waals surface area contributed by atoms with Crippen molar-refractivity contribution in [1.29, 1.82) is 0 Å². The van der Waals surface area contributed by atoms with Crippen molar-refractivity contribution in [3.63, 3.8) is 0 Å². The minimum absolute atomic E-state index is 0.205. The molecule has 3 heterocycles. The Morgan fingerprint density at radius 1 is 1.21 bits per heavy atom. The number of hydrogen-bond donors (Lipinski definition) is 0. The van der Waals surface area contributed by atoms with Gasteiger partial charge >= 0.3 is 11.9 Å². The number of thiazole rings is 1. The number of hydrogen-bond acceptors (Lipinski definition) is 5. The number of piperidine rings is 1. The first-order valence-corrected chi connectivity index (χ1v) is 9.45. The van der Waals surface area contributed by atoms with Crippen molar-refractivity contribution in [1.82, 2.24) is 24.2 Å². The summed E-state index contributed by atoms with van der Waals surface area (Å²) in [5.74, 6) is -1.42. The number of alkyl halides is 3. The number of amides is 1. The van der Waals surface area contributed by atoms with Gasteiger partial charge < -0.3 is 4.90 Å². The minimum atomic E-state index is -4.69. The van der Waals surface area contributed by atoms with Crippen LogP contribution < -0.4 is 5.69 Å². The van der Waals surface area contributed by atoms with Crippen LogP contribution in [0.15, 0.2) is 29.1 Å². The van der Waals surface area contributed by atoms with E-state index < -0.39 is 23.7 Å². The van der Waals surface area contributed by atoms with Gasteiger partial charge in [0.25, 0.3) is 5.91 Å². The van der Waals surface area contributed by atoms with Crippen molar-refractivity contribution in [2.75, 3.05) is 13.1 Å². The van der Waals surface area contributed by atoms with E-state index in [2.05, 4.69) is 10.1 Å². The number of nitrogens with zero attached hydrogens (tertiary/aromatic N) is 5. The Balaban J connectivity index is 1.49. The Hall–Kier alpha value is -2.69. The maximum absolute atomic E-state index is 13.0. The lowest BCUT2D eigenvalue weighted by Gasteiger charge is -2.31. The third-order valence-corrected chi connectivity index (χ3v) is 5.86. The summed E-state index contributed by atoms with van der Waals surface area (Å²) in [4.78, 5) is 30.8. The molecule has 1 aliphatic rings. The van der Waals surface area contributed by atoms with Gasteiger partial charge in [-0.3, -0.25) is 9.36 Å². The molecule has 0 atom stereocenters. The van der Waals surface area contributed by atoms with E-state index in [1.807, 2.05) is 24.3 Å². The maximum Gasteiger partial charge on any atom is 0.451 e. The van der Waals surface area contributed by atoms with Crippen LogP contribution in [-0.4, -0.2) is 43.2 Å². The van der Waals surface area contributed by atoms with E-state index in [0.717, 1.165) is 21.9 Å². The molecule has 3 aromatic rings. The first kappa shape index (κ1) is 18.7. The lowest BCUT2D eigenvalue weighted by atomic mass is 10.1. The van der Waals surface area contributed by atoms with Crippen LogP contribution in [0.4, 0.5) is 13.2 Å². The summed E-state index contributed by atoms with van der Waals surface area (Å²) in [5, 5.41) is 3.87. The average Bonchev–Trinajstić information content (AvgIpc) is 3.23. The standard InChI is InChI=1S/C17H16F3N5O2S/c1-23-15(17(18,19)20)22-25(16(23)27)10-6-8-24(9-7-10)14(26)13-21-11-4-2-3-5-12(11)28-13/h2-5,10H,6-9H2,1H3. The highest BCUT2D eigenvalue weighted by molar-refractivity contribution is 7.20. The maximum atomic E-state index is 13.0. The van der Waals surface area contributed by atoms with E-state index in [0.29, 0.717) is 35.5 Å². The molecule has 0 saturated carbocycles. The fourth-order valence-corrected chi connectivity index (χ4v) is 4.29. The van der Waals surface area contributed by atoms with Crippen LogP contribution in [-0.2, 0) is 13.2 Å². The lowest BCUT2D eigenvalue weighted by molar-refractivity contribution is -0.147.